The maximum atomic E-state index is 3.41. The van der Waals surface area contributed by atoms with Crippen LogP contribution < -0.4 is 5.32 Å². The smallest absolute Gasteiger partial charge is 0.00489 e. The van der Waals surface area contributed by atoms with Crippen molar-refractivity contribution in [3.05, 3.63) is 34.9 Å². The summed E-state index contributed by atoms with van der Waals surface area (Å²) in [4.78, 5) is 0. The van der Waals surface area contributed by atoms with Crippen molar-refractivity contribution in [1.82, 2.24) is 5.32 Å². The van der Waals surface area contributed by atoms with E-state index < -0.39 is 0 Å². The van der Waals surface area contributed by atoms with E-state index in [4.69, 9.17) is 0 Å². The van der Waals surface area contributed by atoms with Crippen LogP contribution >= 0.6 is 0 Å². The van der Waals surface area contributed by atoms with Crippen LogP contribution in [0.3, 0.4) is 0 Å². The van der Waals surface area contributed by atoms with Gasteiger partial charge in [-0.25, -0.2) is 0 Å². The fourth-order valence-corrected chi connectivity index (χ4v) is 3.55. The van der Waals surface area contributed by atoms with E-state index >= 15 is 0 Å². The predicted octanol–water partition coefficient (Wildman–Crippen LogP) is 4.97. The lowest BCUT2D eigenvalue weighted by molar-refractivity contribution is 0.331. The van der Waals surface area contributed by atoms with E-state index in [9.17, 15) is 0 Å². The van der Waals surface area contributed by atoms with E-state index in [-0.39, 0.29) is 0 Å². The molecule has 1 aliphatic rings. The molecular weight excluding hydrogens is 254 g/mol. The average Bonchev–Trinajstić information content (AvgIpc) is 2.44. The number of aryl methyl sites for hydroxylation is 1. The molecule has 0 amide bonds. The van der Waals surface area contributed by atoms with Gasteiger partial charge in [-0.15, -0.1) is 0 Å². The minimum atomic E-state index is 0.338. The Hall–Kier alpha value is -0.820. The minimum Gasteiger partial charge on any atom is -0.317 e. The van der Waals surface area contributed by atoms with E-state index in [1.54, 1.807) is 11.1 Å². The molecule has 0 aliphatic heterocycles. The minimum absolute atomic E-state index is 0.338. The molecule has 1 nitrogen and oxygen atoms in total. The number of unbranched alkanes of at least 4 members (excludes halogenated alkanes) is 1. The Labute approximate surface area is 131 Å². The zero-order valence-electron chi connectivity index (χ0n) is 14.7. The summed E-state index contributed by atoms with van der Waals surface area (Å²) in [6, 6.07) is 7.29. The number of hydrogen-bond donors (Lipinski definition) is 1. The second-order valence-corrected chi connectivity index (χ2v) is 7.96. The predicted molar refractivity (Wildman–Crippen MR) is 93.2 cm³/mol. The van der Waals surface area contributed by atoms with Crippen LogP contribution in [0.25, 0.3) is 0 Å². The first kappa shape index (κ1) is 16.5. The van der Waals surface area contributed by atoms with Gasteiger partial charge in [0.25, 0.3) is 0 Å². The van der Waals surface area contributed by atoms with E-state index in [1.807, 2.05) is 0 Å². The maximum Gasteiger partial charge on any atom is -0.00489 e. The third kappa shape index (κ3) is 3.88. The largest absolute Gasteiger partial charge is 0.317 e. The monoisotopic (exact) mass is 287 g/mol. The fourth-order valence-electron chi connectivity index (χ4n) is 3.55. The fraction of sp³-hybridized carbons (Fsp3) is 0.700. The van der Waals surface area contributed by atoms with Crippen molar-refractivity contribution < 1.29 is 0 Å². The highest BCUT2D eigenvalue weighted by Gasteiger charge is 2.36. The summed E-state index contributed by atoms with van der Waals surface area (Å²) in [5, 5.41) is 3.41. The lowest BCUT2D eigenvalue weighted by Crippen LogP contribution is -2.33. The highest BCUT2D eigenvalue weighted by atomic mass is 14.8. The van der Waals surface area contributed by atoms with Crippen LogP contribution in [-0.2, 0) is 17.3 Å². The Kier molecular flexibility index (Phi) is 5.14. The lowest BCUT2D eigenvalue weighted by Gasteiger charge is -2.42. The highest BCUT2D eigenvalue weighted by molar-refractivity contribution is 5.43. The quantitative estimate of drug-likeness (QED) is 0.729. The number of hydrogen-bond acceptors (Lipinski definition) is 1. The van der Waals surface area contributed by atoms with Gasteiger partial charge in [-0.2, -0.15) is 0 Å². The highest BCUT2D eigenvalue weighted by Crippen LogP contribution is 2.45. The normalized spacial score (nSPS) is 19.3. The molecule has 0 aromatic heterocycles. The topological polar surface area (TPSA) is 12.0 Å². The molecule has 1 aromatic carbocycles. The van der Waals surface area contributed by atoms with Crippen molar-refractivity contribution in [3.8, 4) is 0 Å². The van der Waals surface area contributed by atoms with Crippen molar-refractivity contribution >= 4 is 0 Å². The molecular formula is C20H33N. The van der Waals surface area contributed by atoms with E-state index in [2.05, 4.69) is 58.1 Å². The van der Waals surface area contributed by atoms with Gasteiger partial charge in [-0.1, -0.05) is 52.8 Å². The molecule has 0 heterocycles. The van der Waals surface area contributed by atoms with Crippen LogP contribution in [0, 0.1) is 0 Å². The summed E-state index contributed by atoms with van der Waals surface area (Å²) in [5.74, 6) is 0. The van der Waals surface area contributed by atoms with Crippen molar-refractivity contribution in [2.24, 2.45) is 0 Å². The van der Waals surface area contributed by atoms with Crippen LogP contribution in [0.1, 0.15) is 77.0 Å². The van der Waals surface area contributed by atoms with E-state index in [0.717, 1.165) is 13.1 Å². The summed E-state index contributed by atoms with van der Waals surface area (Å²) in [6.45, 7) is 14.0. The van der Waals surface area contributed by atoms with Gasteiger partial charge in [0.05, 0.1) is 0 Å². The molecule has 0 saturated carbocycles. The summed E-state index contributed by atoms with van der Waals surface area (Å²) in [5.41, 5.74) is 5.38. The van der Waals surface area contributed by atoms with Gasteiger partial charge in [0.1, 0.15) is 0 Å². The first-order valence-corrected chi connectivity index (χ1v) is 8.71. The van der Waals surface area contributed by atoms with Crippen molar-refractivity contribution in [1.29, 1.82) is 0 Å². The number of benzene rings is 1. The standard InChI is InChI=1S/C20H33N/c1-6-21-14-8-7-9-16-10-11-17-18(15-16)20(4,5)13-12-19(17,2)3/h10-11,15,21H,6-9,12-14H2,1-5H3. The van der Waals surface area contributed by atoms with E-state index in [1.165, 1.54) is 37.7 Å². The molecule has 0 unspecified atom stereocenters. The third-order valence-electron chi connectivity index (χ3n) is 5.24. The average molecular weight is 287 g/mol. The summed E-state index contributed by atoms with van der Waals surface area (Å²) in [6.07, 6.45) is 6.39. The first-order valence-electron chi connectivity index (χ1n) is 8.71. The molecule has 0 saturated heterocycles. The molecule has 1 heteroatoms. The molecule has 21 heavy (non-hydrogen) atoms. The SMILES string of the molecule is CCNCCCCc1ccc2c(c1)C(C)(C)CCC2(C)C. The van der Waals surface area contributed by atoms with Crippen LogP contribution in [-0.4, -0.2) is 13.1 Å². The van der Waals surface area contributed by atoms with Gasteiger partial charge in [0.2, 0.25) is 0 Å². The Morgan fingerprint density at radius 3 is 2.29 bits per heavy atom. The van der Waals surface area contributed by atoms with Crippen LogP contribution in [0.15, 0.2) is 18.2 Å². The van der Waals surface area contributed by atoms with Crippen molar-refractivity contribution in [2.45, 2.75) is 77.6 Å². The van der Waals surface area contributed by atoms with Crippen LogP contribution in [0.2, 0.25) is 0 Å². The molecule has 0 fully saturated rings. The molecule has 2 rings (SSSR count). The molecule has 1 N–H and O–H groups in total. The third-order valence-corrected chi connectivity index (χ3v) is 5.24. The van der Waals surface area contributed by atoms with Crippen molar-refractivity contribution in [3.63, 3.8) is 0 Å². The molecule has 0 spiro atoms. The Morgan fingerprint density at radius 2 is 1.62 bits per heavy atom. The zero-order chi connectivity index (χ0) is 15.5. The second kappa shape index (κ2) is 6.52. The summed E-state index contributed by atoms with van der Waals surface area (Å²) >= 11 is 0. The van der Waals surface area contributed by atoms with Gasteiger partial charge >= 0.3 is 0 Å². The second-order valence-electron chi connectivity index (χ2n) is 7.96. The van der Waals surface area contributed by atoms with Crippen LogP contribution in [0.4, 0.5) is 0 Å². The summed E-state index contributed by atoms with van der Waals surface area (Å²) in [7, 11) is 0. The van der Waals surface area contributed by atoms with Gasteiger partial charge in [0.15, 0.2) is 0 Å². The first-order chi connectivity index (χ1) is 9.87. The molecule has 0 atom stereocenters. The number of fused-ring (bicyclic) bond motifs is 1. The zero-order valence-corrected chi connectivity index (χ0v) is 14.7. The van der Waals surface area contributed by atoms with Gasteiger partial charge in [-0.05, 0) is 72.7 Å². The van der Waals surface area contributed by atoms with Crippen LogP contribution in [0.5, 0.6) is 0 Å². The molecule has 118 valence electrons. The Balaban J connectivity index is 2.10. The molecule has 1 aromatic rings. The number of rotatable bonds is 6. The molecule has 1 aliphatic carbocycles. The maximum absolute atomic E-state index is 3.41. The lowest BCUT2D eigenvalue weighted by atomic mass is 9.63. The number of nitrogens with one attached hydrogen (secondary N) is 1. The molecule has 0 bridgehead atoms. The molecule has 0 radical (unpaired) electrons. The van der Waals surface area contributed by atoms with E-state index in [0.29, 0.717) is 10.8 Å². The Bertz CT molecular complexity index is 471. The van der Waals surface area contributed by atoms with Gasteiger partial charge < -0.3 is 5.32 Å². The van der Waals surface area contributed by atoms with Gasteiger partial charge in [-0.3, -0.25) is 0 Å². The van der Waals surface area contributed by atoms with Gasteiger partial charge in [0, 0.05) is 0 Å². The summed E-state index contributed by atoms with van der Waals surface area (Å²) < 4.78 is 0. The Morgan fingerprint density at radius 1 is 0.952 bits per heavy atom. The van der Waals surface area contributed by atoms with Crippen molar-refractivity contribution in [2.75, 3.05) is 13.1 Å².